The van der Waals surface area contributed by atoms with E-state index in [0.717, 1.165) is 0 Å². The van der Waals surface area contributed by atoms with Gasteiger partial charge in [-0.25, -0.2) is 8.42 Å². The van der Waals surface area contributed by atoms with Gasteiger partial charge in [0.25, 0.3) is 10.0 Å². The molecule has 5 nitrogen and oxygen atoms in total. The van der Waals surface area contributed by atoms with Crippen LogP contribution in [0.3, 0.4) is 0 Å². The van der Waals surface area contributed by atoms with Crippen molar-refractivity contribution in [3.8, 4) is 0 Å². The van der Waals surface area contributed by atoms with Crippen LogP contribution in [0.4, 0.5) is 11.4 Å². The normalized spacial score (nSPS) is 11.3. The average molecular weight is 356 g/mol. The molecule has 1 aromatic carbocycles. The van der Waals surface area contributed by atoms with E-state index in [4.69, 9.17) is 5.73 Å². The second-order valence-corrected chi connectivity index (χ2v) is 6.80. The molecule has 0 aliphatic heterocycles. The van der Waals surface area contributed by atoms with Crippen LogP contribution < -0.4 is 10.0 Å². The first-order chi connectivity index (χ1) is 9.46. The van der Waals surface area contributed by atoms with Gasteiger partial charge < -0.3 is 5.73 Å². The van der Waals surface area contributed by atoms with Crippen molar-refractivity contribution in [2.45, 2.75) is 11.8 Å². The minimum absolute atomic E-state index is 0.0885. The van der Waals surface area contributed by atoms with Crippen LogP contribution in [-0.4, -0.2) is 19.9 Å². The highest BCUT2D eigenvalue weighted by atomic mass is 79.9. The van der Waals surface area contributed by atoms with E-state index in [-0.39, 0.29) is 10.6 Å². The maximum atomic E-state index is 12.7. The van der Waals surface area contributed by atoms with E-state index < -0.39 is 10.0 Å². The van der Waals surface area contributed by atoms with E-state index in [1.165, 1.54) is 10.4 Å². The van der Waals surface area contributed by atoms with E-state index >= 15 is 0 Å². The van der Waals surface area contributed by atoms with Crippen molar-refractivity contribution in [3.63, 3.8) is 0 Å². The van der Waals surface area contributed by atoms with Crippen molar-refractivity contribution in [1.82, 2.24) is 4.98 Å². The minimum atomic E-state index is -3.71. The maximum absolute atomic E-state index is 12.7. The molecular weight excluding hydrogens is 342 g/mol. The number of hydrogen-bond acceptors (Lipinski definition) is 4. The second-order valence-electron chi connectivity index (χ2n) is 4.06. The van der Waals surface area contributed by atoms with Gasteiger partial charge in [-0.3, -0.25) is 9.29 Å². The lowest BCUT2D eigenvalue weighted by atomic mass is 10.3. The van der Waals surface area contributed by atoms with Crippen LogP contribution in [-0.2, 0) is 10.0 Å². The summed E-state index contributed by atoms with van der Waals surface area (Å²) in [5.41, 5.74) is 6.59. The Hall–Kier alpha value is -1.60. The summed E-state index contributed by atoms with van der Waals surface area (Å²) in [7, 11) is -3.71. The quantitative estimate of drug-likeness (QED) is 0.855. The van der Waals surface area contributed by atoms with Gasteiger partial charge in [0.15, 0.2) is 0 Å². The van der Waals surface area contributed by atoms with E-state index in [9.17, 15) is 8.42 Å². The van der Waals surface area contributed by atoms with E-state index in [2.05, 4.69) is 20.9 Å². The van der Waals surface area contributed by atoms with Crippen LogP contribution >= 0.6 is 15.9 Å². The Balaban J connectivity index is 2.56. The predicted octanol–water partition coefficient (Wildman–Crippen LogP) is 2.64. The molecule has 0 spiro atoms. The van der Waals surface area contributed by atoms with Gasteiger partial charge in [0.05, 0.1) is 11.4 Å². The number of halogens is 1. The van der Waals surface area contributed by atoms with Crippen LogP contribution in [0.2, 0.25) is 0 Å². The SMILES string of the molecule is CCN(c1ccncc1)S(=O)(=O)c1cc(Br)ccc1N. The molecule has 2 aromatic rings. The zero-order valence-corrected chi connectivity index (χ0v) is 13.2. The van der Waals surface area contributed by atoms with Crippen molar-refractivity contribution in [1.29, 1.82) is 0 Å². The van der Waals surface area contributed by atoms with Gasteiger partial charge in [0.1, 0.15) is 4.90 Å². The Morgan fingerprint density at radius 2 is 1.90 bits per heavy atom. The highest BCUT2D eigenvalue weighted by molar-refractivity contribution is 9.10. The number of benzene rings is 1. The first kappa shape index (κ1) is 14.8. The van der Waals surface area contributed by atoms with Crippen LogP contribution in [0, 0.1) is 0 Å². The van der Waals surface area contributed by atoms with Crippen LogP contribution in [0.25, 0.3) is 0 Å². The molecule has 0 fully saturated rings. The molecular formula is C13H14BrN3O2S. The lowest BCUT2D eigenvalue weighted by Crippen LogP contribution is -2.31. The smallest absolute Gasteiger partial charge is 0.266 e. The van der Waals surface area contributed by atoms with Gasteiger partial charge >= 0.3 is 0 Å². The third-order valence-electron chi connectivity index (χ3n) is 2.78. The fraction of sp³-hybridized carbons (Fsp3) is 0.154. The summed E-state index contributed by atoms with van der Waals surface area (Å²) in [4.78, 5) is 3.98. The molecule has 0 amide bonds. The van der Waals surface area contributed by atoms with E-state index in [1.54, 1.807) is 43.6 Å². The second kappa shape index (κ2) is 5.80. The number of anilines is 2. The molecule has 1 heterocycles. The molecule has 2 rings (SSSR count). The number of sulfonamides is 1. The summed E-state index contributed by atoms with van der Waals surface area (Å²) in [6.07, 6.45) is 3.11. The van der Waals surface area contributed by atoms with Crippen LogP contribution in [0.5, 0.6) is 0 Å². The van der Waals surface area contributed by atoms with Crippen molar-refractivity contribution in [2.24, 2.45) is 0 Å². The number of nitrogens with two attached hydrogens (primary N) is 1. The number of aromatic nitrogens is 1. The summed E-state index contributed by atoms with van der Waals surface area (Å²) in [5.74, 6) is 0. The largest absolute Gasteiger partial charge is 0.398 e. The highest BCUT2D eigenvalue weighted by Gasteiger charge is 2.25. The topological polar surface area (TPSA) is 76.3 Å². The Morgan fingerprint density at radius 1 is 1.25 bits per heavy atom. The van der Waals surface area contributed by atoms with Crippen molar-refractivity contribution < 1.29 is 8.42 Å². The van der Waals surface area contributed by atoms with Crippen molar-refractivity contribution in [3.05, 3.63) is 47.2 Å². The fourth-order valence-corrected chi connectivity index (χ4v) is 3.98. The van der Waals surface area contributed by atoms with Crippen LogP contribution in [0.1, 0.15) is 6.92 Å². The molecule has 7 heteroatoms. The standard InChI is InChI=1S/C13H14BrN3O2S/c1-2-17(11-5-7-16-8-6-11)20(18,19)13-9-10(14)3-4-12(13)15/h3-9H,2,15H2,1H3. The molecule has 2 N–H and O–H groups in total. The summed E-state index contributed by atoms with van der Waals surface area (Å²) in [6, 6.07) is 8.08. The Kier molecular flexibility index (Phi) is 4.29. The van der Waals surface area contributed by atoms with Gasteiger partial charge in [0, 0.05) is 23.4 Å². The Labute approximate surface area is 126 Å². The molecule has 1 aromatic heterocycles. The molecule has 0 saturated heterocycles. The minimum Gasteiger partial charge on any atom is -0.398 e. The first-order valence-corrected chi connectivity index (χ1v) is 8.18. The Bertz CT molecular complexity index is 705. The van der Waals surface area contributed by atoms with Gasteiger partial charge in [-0.1, -0.05) is 15.9 Å². The average Bonchev–Trinajstić information content (AvgIpc) is 2.43. The van der Waals surface area contributed by atoms with Gasteiger partial charge in [-0.15, -0.1) is 0 Å². The first-order valence-electron chi connectivity index (χ1n) is 5.94. The number of rotatable bonds is 4. The maximum Gasteiger partial charge on any atom is 0.266 e. The number of nitrogen functional groups attached to an aromatic ring is 1. The van der Waals surface area contributed by atoms with Gasteiger partial charge in [0.2, 0.25) is 0 Å². The van der Waals surface area contributed by atoms with E-state index in [0.29, 0.717) is 16.7 Å². The molecule has 0 radical (unpaired) electrons. The summed E-state index contributed by atoms with van der Waals surface area (Å²) in [6.45, 7) is 2.07. The monoisotopic (exact) mass is 355 g/mol. The Morgan fingerprint density at radius 3 is 2.50 bits per heavy atom. The molecule has 0 bridgehead atoms. The predicted molar refractivity (Wildman–Crippen MR) is 83.0 cm³/mol. The lowest BCUT2D eigenvalue weighted by molar-refractivity contribution is 0.592. The number of pyridine rings is 1. The molecule has 0 aliphatic rings. The summed E-state index contributed by atoms with van der Waals surface area (Å²) < 4.78 is 27.4. The van der Waals surface area contributed by atoms with Crippen molar-refractivity contribution in [2.75, 3.05) is 16.6 Å². The third-order valence-corrected chi connectivity index (χ3v) is 5.23. The lowest BCUT2D eigenvalue weighted by Gasteiger charge is -2.23. The summed E-state index contributed by atoms with van der Waals surface area (Å²) >= 11 is 3.27. The van der Waals surface area contributed by atoms with Crippen molar-refractivity contribution >= 4 is 37.3 Å². The third kappa shape index (κ3) is 2.78. The van der Waals surface area contributed by atoms with E-state index in [1.807, 2.05) is 0 Å². The van der Waals surface area contributed by atoms with Gasteiger partial charge in [-0.05, 0) is 37.3 Å². The summed E-state index contributed by atoms with van der Waals surface area (Å²) in [5, 5.41) is 0. The van der Waals surface area contributed by atoms with Gasteiger partial charge in [-0.2, -0.15) is 0 Å². The zero-order chi connectivity index (χ0) is 14.8. The number of nitrogens with zero attached hydrogens (tertiary/aromatic N) is 2. The fourth-order valence-electron chi connectivity index (χ4n) is 1.85. The zero-order valence-electron chi connectivity index (χ0n) is 10.8. The highest BCUT2D eigenvalue weighted by Crippen LogP contribution is 2.28. The molecule has 0 aliphatic carbocycles. The molecule has 0 saturated carbocycles. The van der Waals surface area contributed by atoms with Crippen LogP contribution in [0.15, 0.2) is 52.1 Å². The molecule has 0 atom stereocenters. The molecule has 106 valence electrons. The molecule has 20 heavy (non-hydrogen) atoms. The molecule has 0 unspecified atom stereocenters. The number of hydrogen-bond donors (Lipinski definition) is 1.